The van der Waals surface area contributed by atoms with Gasteiger partial charge in [-0.25, -0.2) is 0 Å². The molecule has 1 unspecified atom stereocenters. The summed E-state index contributed by atoms with van der Waals surface area (Å²) in [7, 11) is 3.19. The Morgan fingerprint density at radius 1 is 1.25 bits per heavy atom. The lowest BCUT2D eigenvalue weighted by molar-refractivity contribution is 0.0326. The molecule has 0 amide bonds. The van der Waals surface area contributed by atoms with Crippen LogP contribution in [0.1, 0.15) is 37.4 Å². The largest absolute Gasteiger partial charge is 0.493 e. The van der Waals surface area contributed by atoms with Crippen molar-refractivity contribution < 1.29 is 14.6 Å². The van der Waals surface area contributed by atoms with Crippen LogP contribution >= 0.6 is 15.9 Å². The first-order valence-electron chi connectivity index (χ1n) is 6.87. The summed E-state index contributed by atoms with van der Waals surface area (Å²) in [6, 6.07) is 3.67. The first kappa shape index (κ1) is 15.6. The molecule has 0 heterocycles. The van der Waals surface area contributed by atoms with Crippen molar-refractivity contribution in [3.8, 4) is 11.5 Å². The number of aliphatic hydroxyl groups excluding tert-OH is 1. The van der Waals surface area contributed by atoms with Crippen molar-refractivity contribution >= 4 is 15.9 Å². The highest BCUT2D eigenvalue weighted by molar-refractivity contribution is 9.10. The van der Waals surface area contributed by atoms with E-state index in [9.17, 15) is 5.11 Å². The smallest absolute Gasteiger partial charge is 0.161 e. The third-order valence-corrected chi connectivity index (χ3v) is 5.07. The van der Waals surface area contributed by atoms with Gasteiger partial charge in [-0.2, -0.15) is 0 Å². The number of hydrogen-bond donors (Lipinski definition) is 2. The average molecular weight is 344 g/mol. The Morgan fingerprint density at radius 3 is 2.30 bits per heavy atom. The maximum atomic E-state index is 10.8. The van der Waals surface area contributed by atoms with Crippen LogP contribution in [0.15, 0.2) is 16.6 Å². The van der Waals surface area contributed by atoms with Gasteiger partial charge < -0.3 is 20.3 Å². The number of rotatable bonds is 5. The molecule has 1 aromatic rings. The molecule has 0 saturated heterocycles. The second kappa shape index (κ2) is 6.33. The molecular weight excluding hydrogens is 322 g/mol. The van der Waals surface area contributed by atoms with Gasteiger partial charge in [-0.05, 0) is 30.5 Å². The van der Waals surface area contributed by atoms with Gasteiger partial charge in [-0.1, -0.05) is 28.8 Å². The molecule has 1 saturated carbocycles. The number of hydrogen-bond acceptors (Lipinski definition) is 4. The van der Waals surface area contributed by atoms with E-state index >= 15 is 0 Å². The fourth-order valence-electron chi connectivity index (χ4n) is 3.08. The normalized spacial score (nSPS) is 18.9. The number of halogens is 1. The summed E-state index contributed by atoms with van der Waals surface area (Å²) in [4.78, 5) is 0. The second-order valence-corrected chi connectivity index (χ2v) is 6.26. The molecule has 2 rings (SSSR count). The topological polar surface area (TPSA) is 64.7 Å². The maximum Gasteiger partial charge on any atom is 0.161 e. The number of methoxy groups -OCH3 is 2. The van der Waals surface area contributed by atoms with E-state index in [2.05, 4.69) is 15.9 Å². The highest BCUT2D eigenvalue weighted by atomic mass is 79.9. The van der Waals surface area contributed by atoms with Gasteiger partial charge in [0.15, 0.2) is 11.5 Å². The molecule has 0 aromatic heterocycles. The zero-order valence-corrected chi connectivity index (χ0v) is 13.6. The van der Waals surface area contributed by atoms with Gasteiger partial charge in [0.25, 0.3) is 0 Å². The minimum Gasteiger partial charge on any atom is -0.493 e. The standard InChI is InChI=1S/C15H22BrNO3/c1-19-12-7-10(11(16)8-13(12)20-2)14(18)15(9-17)5-3-4-6-15/h7-8,14,18H,3-6,9,17H2,1-2H3. The van der Waals surface area contributed by atoms with Crippen LogP contribution in [0.2, 0.25) is 0 Å². The van der Waals surface area contributed by atoms with Gasteiger partial charge in [0.2, 0.25) is 0 Å². The van der Waals surface area contributed by atoms with Gasteiger partial charge in [0.05, 0.1) is 20.3 Å². The third kappa shape index (κ3) is 2.67. The summed E-state index contributed by atoms with van der Waals surface area (Å²) in [6.45, 7) is 0.495. The first-order valence-corrected chi connectivity index (χ1v) is 7.67. The molecule has 1 aromatic carbocycles. The quantitative estimate of drug-likeness (QED) is 0.862. The lowest BCUT2D eigenvalue weighted by atomic mass is 9.77. The Balaban J connectivity index is 2.41. The van der Waals surface area contributed by atoms with Crippen LogP contribution in [0.3, 0.4) is 0 Å². The Bertz CT molecular complexity index is 472. The van der Waals surface area contributed by atoms with Crippen molar-refractivity contribution in [2.45, 2.75) is 31.8 Å². The van der Waals surface area contributed by atoms with Crippen LogP contribution in [0.25, 0.3) is 0 Å². The van der Waals surface area contributed by atoms with Crippen molar-refractivity contribution in [2.24, 2.45) is 11.1 Å². The first-order chi connectivity index (χ1) is 9.57. The van der Waals surface area contributed by atoms with Gasteiger partial charge in [-0.15, -0.1) is 0 Å². The number of aliphatic hydroxyl groups is 1. The minimum atomic E-state index is -0.593. The molecule has 1 aliphatic carbocycles. The summed E-state index contributed by atoms with van der Waals surface area (Å²) in [5.74, 6) is 1.26. The van der Waals surface area contributed by atoms with Crippen molar-refractivity contribution in [3.63, 3.8) is 0 Å². The SMILES string of the molecule is COc1cc(Br)c(C(O)C2(CN)CCCC2)cc1OC. The lowest BCUT2D eigenvalue weighted by Gasteiger charge is -2.34. The van der Waals surface area contributed by atoms with Crippen molar-refractivity contribution in [1.29, 1.82) is 0 Å². The van der Waals surface area contributed by atoms with Crippen LogP contribution < -0.4 is 15.2 Å². The zero-order chi connectivity index (χ0) is 14.8. The van der Waals surface area contributed by atoms with Gasteiger partial charge in [0.1, 0.15) is 0 Å². The third-order valence-electron chi connectivity index (χ3n) is 4.38. The predicted octanol–water partition coefficient (Wildman–Crippen LogP) is 3.02. The van der Waals surface area contributed by atoms with Gasteiger partial charge in [-0.3, -0.25) is 0 Å². The summed E-state index contributed by atoms with van der Waals surface area (Å²) in [5, 5.41) is 10.8. The Hall–Kier alpha value is -0.780. The van der Waals surface area contributed by atoms with Crippen LogP contribution in [0, 0.1) is 5.41 Å². The van der Waals surface area contributed by atoms with Crippen LogP contribution in [-0.2, 0) is 0 Å². The molecule has 5 heteroatoms. The average Bonchev–Trinajstić information content (AvgIpc) is 2.96. The summed E-state index contributed by atoms with van der Waals surface area (Å²) < 4.78 is 11.4. The van der Waals surface area contributed by atoms with Crippen molar-refractivity contribution in [3.05, 3.63) is 22.2 Å². The van der Waals surface area contributed by atoms with Crippen molar-refractivity contribution in [1.82, 2.24) is 0 Å². The maximum absolute atomic E-state index is 10.8. The molecular formula is C15H22BrNO3. The number of ether oxygens (including phenoxy) is 2. The molecule has 4 nitrogen and oxygen atoms in total. The summed E-state index contributed by atoms with van der Waals surface area (Å²) >= 11 is 3.52. The lowest BCUT2D eigenvalue weighted by Crippen LogP contribution is -2.34. The molecule has 0 aliphatic heterocycles. The zero-order valence-electron chi connectivity index (χ0n) is 12.0. The Morgan fingerprint density at radius 2 is 1.80 bits per heavy atom. The molecule has 0 spiro atoms. The highest BCUT2D eigenvalue weighted by Crippen LogP contribution is 2.49. The van der Waals surface area contributed by atoms with E-state index in [1.807, 2.05) is 12.1 Å². The van der Waals surface area contributed by atoms with E-state index in [1.165, 1.54) is 0 Å². The second-order valence-electron chi connectivity index (χ2n) is 5.40. The van der Waals surface area contributed by atoms with Gasteiger partial charge in [0, 0.05) is 16.4 Å². The van der Waals surface area contributed by atoms with E-state index < -0.39 is 6.10 Å². The van der Waals surface area contributed by atoms with E-state index in [4.69, 9.17) is 15.2 Å². The monoisotopic (exact) mass is 343 g/mol. The van der Waals surface area contributed by atoms with E-state index in [0.717, 1.165) is 35.7 Å². The molecule has 1 fully saturated rings. The van der Waals surface area contributed by atoms with E-state index in [1.54, 1.807) is 14.2 Å². The Labute approximate surface area is 128 Å². The summed E-state index contributed by atoms with van der Waals surface area (Å²) in [6.07, 6.45) is 3.58. The summed E-state index contributed by atoms with van der Waals surface area (Å²) in [5.41, 5.74) is 6.55. The van der Waals surface area contributed by atoms with Crippen LogP contribution in [0.5, 0.6) is 11.5 Å². The molecule has 0 radical (unpaired) electrons. The number of benzene rings is 1. The molecule has 112 valence electrons. The Kier molecular flexibility index (Phi) is 4.94. The van der Waals surface area contributed by atoms with E-state index in [0.29, 0.717) is 18.0 Å². The van der Waals surface area contributed by atoms with Crippen LogP contribution in [-0.4, -0.2) is 25.9 Å². The molecule has 3 N–H and O–H groups in total. The van der Waals surface area contributed by atoms with Gasteiger partial charge >= 0.3 is 0 Å². The van der Waals surface area contributed by atoms with Crippen molar-refractivity contribution in [2.75, 3.05) is 20.8 Å². The number of nitrogens with two attached hydrogens (primary N) is 1. The fraction of sp³-hybridized carbons (Fsp3) is 0.600. The molecule has 20 heavy (non-hydrogen) atoms. The molecule has 1 aliphatic rings. The predicted molar refractivity (Wildman–Crippen MR) is 82.2 cm³/mol. The highest BCUT2D eigenvalue weighted by Gasteiger charge is 2.41. The molecule has 0 bridgehead atoms. The van der Waals surface area contributed by atoms with Crippen LogP contribution in [0.4, 0.5) is 0 Å². The van der Waals surface area contributed by atoms with E-state index in [-0.39, 0.29) is 5.41 Å². The minimum absolute atomic E-state index is 0.220. The molecule has 1 atom stereocenters. The fourth-order valence-corrected chi connectivity index (χ4v) is 3.62.